The van der Waals surface area contributed by atoms with Crippen molar-refractivity contribution in [2.45, 2.75) is 33.2 Å². The lowest BCUT2D eigenvalue weighted by molar-refractivity contribution is 0.188. The topological polar surface area (TPSA) is 23.5 Å². The van der Waals surface area contributed by atoms with Crippen LogP contribution in [0.5, 0.6) is 0 Å². The lowest BCUT2D eigenvalue weighted by Gasteiger charge is -2.30. The van der Waals surface area contributed by atoms with Gasteiger partial charge in [-0.2, -0.15) is 0 Å². The van der Waals surface area contributed by atoms with Gasteiger partial charge in [-0.05, 0) is 32.5 Å². The van der Waals surface area contributed by atoms with Gasteiger partial charge in [-0.1, -0.05) is 25.5 Å². The largest absolute Gasteiger partial charge is 0.511 e. The smallest absolute Gasteiger partial charge is 0.110 e. The molecule has 0 amide bonds. The first-order valence-electron chi connectivity index (χ1n) is 5.00. The van der Waals surface area contributed by atoms with Crippen LogP contribution < -0.4 is 0 Å². The number of likely N-dealkylation sites (N-methyl/N-ethyl adjacent to an activating group) is 1. The van der Waals surface area contributed by atoms with Crippen LogP contribution in [0.25, 0.3) is 0 Å². The van der Waals surface area contributed by atoms with Crippen molar-refractivity contribution < 1.29 is 5.11 Å². The maximum Gasteiger partial charge on any atom is 0.110 e. The molecule has 1 N–H and O–H groups in total. The van der Waals surface area contributed by atoms with Crippen molar-refractivity contribution in [2.24, 2.45) is 0 Å². The number of aliphatic hydroxyl groups excluding tert-OH is 1. The van der Waals surface area contributed by atoms with Gasteiger partial charge < -0.3 is 5.11 Å². The summed E-state index contributed by atoms with van der Waals surface area (Å²) in [6.07, 6.45) is 4.99. The molecule has 0 radical (unpaired) electrons. The van der Waals surface area contributed by atoms with Gasteiger partial charge >= 0.3 is 0 Å². The van der Waals surface area contributed by atoms with Crippen LogP contribution >= 0.6 is 0 Å². The first kappa shape index (κ1) is 10.3. The van der Waals surface area contributed by atoms with Crippen molar-refractivity contribution in [3.63, 3.8) is 0 Å². The van der Waals surface area contributed by atoms with Gasteiger partial charge in [0.1, 0.15) is 5.76 Å². The van der Waals surface area contributed by atoms with E-state index in [0.717, 1.165) is 19.5 Å². The van der Waals surface area contributed by atoms with E-state index in [1.807, 2.05) is 13.0 Å². The molecule has 1 aliphatic rings. The molecule has 0 aromatic carbocycles. The molecule has 1 unspecified atom stereocenters. The first-order chi connectivity index (χ1) is 6.19. The van der Waals surface area contributed by atoms with Crippen LogP contribution in [0.4, 0.5) is 0 Å². The Balaban J connectivity index is 2.69. The molecule has 13 heavy (non-hydrogen) atoms. The summed E-state index contributed by atoms with van der Waals surface area (Å²) in [5, 5.41) is 9.75. The fourth-order valence-corrected chi connectivity index (χ4v) is 1.81. The lowest BCUT2D eigenvalue weighted by Crippen LogP contribution is -2.37. The summed E-state index contributed by atoms with van der Waals surface area (Å²) in [5.74, 6) is 0.517. The van der Waals surface area contributed by atoms with Crippen molar-refractivity contribution in [1.29, 1.82) is 0 Å². The summed E-state index contributed by atoms with van der Waals surface area (Å²) >= 11 is 0. The number of nitrogens with zero attached hydrogens (tertiary/aromatic N) is 1. The molecule has 74 valence electrons. The van der Waals surface area contributed by atoms with Gasteiger partial charge in [0.2, 0.25) is 0 Å². The minimum absolute atomic E-state index is 0.207. The Morgan fingerprint density at radius 2 is 2.08 bits per heavy atom. The molecule has 1 rings (SSSR count). The highest BCUT2D eigenvalue weighted by Crippen LogP contribution is 2.20. The second-order valence-electron chi connectivity index (χ2n) is 3.49. The standard InChI is InChI=1S/C11H19NO/c1-4-12(5-2)10-7-6-9(3)8-11(10)13/h6,8,10,13H,4-5,7H2,1-3H3. The fourth-order valence-electron chi connectivity index (χ4n) is 1.81. The van der Waals surface area contributed by atoms with Crippen LogP contribution in [-0.4, -0.2) is 29.1 Å². The zero-order valence-electron chi connectivity index (χ0n) is 8.75. The summed E-state index contributed by atoms with van der Waals surface area (Å²) in [7, 11) is 0. The third-order valence-electron chi connectivity index (χ3n) is 2.63. The van der Waals surface area contributed by atoms with E-state index in [9.17, 15) is 5.11 Å². The van der Waals surface area contributed by atoms with Gasteiger partial charge in [-0.15, -0.1) is 0 Å². The Morgan fingerprint density at radius 3 is 2.54 bits per heavy atom. The van der Waals surface area contributed by atoms with Crippen molar-refractivity contribution in [1.82, 2.24) is 4.90 Å². The molecule has 0 fully saturated rings. The molecule has 1 aliphatic carbocycles. The second-order valence-corrected chi connectivity index (χ2v) is 3.49. The average Bonchev–Trinajstić information content (AvgIpc) is 2.10. The van der Waals surface area contributed by atoms with Crippen LogP contribution in [0, 0.1) is 0 Å². The van der Waals surface area contributed by atoms with Crippen LogP contribution in [-0.2, 0) is 0 Å². The summed E-state index contributed by atoms with van der Waals surface area (Å²) in [6.45, 7) is 8.26. The number of aliphatic hydroxyl groups is 1. The van der Waals surface area contributed by atoms with E-state index in [2.05, 4.69) is 24.8 Å². The van der Waals surface area contributed by atoms with Gasteiger partial charge in [-0.3, -0.25) is 4.90 Å². The molecule has 2 heteroatoms. The predicted molar refractivity (Wildman–Crippen MR) is 55.8 cm³/mol. The summed E-state index contributed by atoms with van der Waals surface area (Å²) in [4.78, 5) is 2.27. The van der Waals surface area contributed by atoms with Gasteiger partial charge in [0.15, 0.2) is 0 Å². The maximum absolute atomic E-state index is 9.75. The van der Waals surface area contributed by atoms with Gasteiger partial charge in [0.05, 0.1) is 6.04 Å². The maximum atomic E-state index is 9.75. The van der Waals surface area contributed by atoms with Crippen LogP contribution in [0.15, 0.2) is 23.5 Å². The summed E-state index contributed by atoms with van der Waals surface area (Å²) < 4.78 is 0. The quantitative estimate of drug-likeness (QED) is 0.723. The third-order valence-corrected chi connectivity index (χ3v) is 2.63. The van der Waals surface area contributed by atoms with Crippen molar-refractivity contribution >= 4 is 0 Å². The number of rotatable bonds is 3. The Labute approximate surface area is 80.6 Å². The van der Waals surface area contributed by atoms with Crippen molar-refractivity contribution in [2.75, 3.05) is 13.1 Å². The molecule has 0 aromatic heterocycles. The molecule has 0 spiro atoms. The van der Waals surface area contributed by atoms with Gasteiger partial charge in [0.25, 0.3) is 0 Å². The van der Waals surface area contributed by atoms with E-state index in [-0.39, 0.29) is 6.04 Å². The summed E-state index contributed by atoms with van der Waals surface area (Å²) in [5.41, 5.74) is 1.17. The monoisotopic (exact) mass is 181 g/mol. The molecule has 1 atom stereocenters. The highest BCUT2D eigenvalue weighted by molar-refractivity contribution is 5.26. The Morgan fingerprint density at radius 1 is 1.46 bits per heavy atom. The number of allylic oxidation sites excluding steroid dienone is 2. The zero-order valence-corrected chi connectivity index (χ0v) is 8.75. The average molecular weight is 181 g/mol. The second kappa shape index (κ2) is 4.47. The minimum Gasteiger partial charge on any atom is -0.511 e. The third kappa shape index (κ3) is 2.34. The number of hydrogen-bond donors (Lipinski definition) is 1. The van der Waals surface area contributed by atoms with E-state index in [1.54, 1.807) is 0 Å². The minimum atomic E-state index is 0.207. The van der Waals surface area contributed by atoms with E-state index >= 15 is 0 Å². The van der Waals surface area contributed by atoms with Gasteiger partial charge in [-0.25, -0.2) is 0 Å². The normalized spacial score (nSPS) is 22.9. The van der Waals surface area contributed by atoms with Crippen LogP contribution in [0.3, 0.4) is 0 Å². The molecule has 0 saturated carbocycles. The van der Waals surface area contributed by atoms with Crippen molar-refractivity contribution in [3.8, 4) is 0 Å². The molecular formula is C11H19NO. The highest BCUT2D eigenvalue weighted by atomic mass is 16.3. The van der Waals surface area contributed by atoms with E-state index in [1.165, 1.54) is 5.57 Å². The highest BCUT2D eigenvalue weighted by Gasteiger charge is 2.20. The Bertz CT molecular complexity index is 226. The van der Waals surface area contributed by atoms with Crippen LogP contribution in [0.1, 0.15) is 27.2 Å². The Hall–Kier alpha value is -0.760. The summed E-state index contributed by atoms with van der Waals surface area (Å²) in [6, 6.07) is 0.207. The van der Waals surface area contributed by atoms with E-state index in [0.29, 0.717) is 5.76 Å². The molecule has 0 heterocycles. The molecule has 0 saturated heterocycles. The first-order valence-corrected chi connectivity index (χ1v) is 5.00. The SMILES string of the molecule is CCN(CC)C1CC=C(C)C=C1O. The molecule has 2 nitrogen and oxygen atoms in total. The van der Waals surface area contributed by atoms with Crippen molar-refractivity contribution in [3.05, 3.63) is 23.5 Å². The molecular weight excluding hydrogens is 162 g/mol. The Kier molecular flexibility index (Phi) is 3.55. The lowest BCUT2D eigenvalue weighted by atomic mass is 10.0. The fraction of sp³-hybridized carbons (Fsp3) is 0.636. The van der Waals surface area contributed by atoms with E-state index in [4.69, 9.17) is 0 Å². The molecule has 0 aliphatic heterocycles. The molecule has 0 bridgehead atoms. The molecule has 0 aromatic rings. The zero-order chi connectivity index (χ0) is 9.84. The van der Waals surface area contributed by atoms with Gasteiger partial charge in [0, 0.05) is 0 Å². The van der Waals surface area contributed by atoms with E-state index < -0.39 is 0 Å². The number of hydrogen-bond acceptors (Lipinski definition) is 2. The van der Waals surface area contributed by atoms with Crippen LogP contribution in [0.2, 0.25) is 0 Å². The predicted octanol–water partition coefficient (Wildman–Crippen LogP) is 2.49.